The summed E-state index contributed by atoms with van der Waals surface area (Å²) in [6, 6.07) is 6.09. The third kappa shape index (κ3) is 2.66. The lowest BCUT2D eigenvalue weighted by Gasteiger charge is -2.06. The lowest BCUT2D eigenvalue weighted by Crippen LogP contribution is -1.99. The van der Waals surface area contributed by atoms with Gasteiger partial charge < -0.3 is 10.2 Å². The Kier molecular flexibility index (Phi) is 3.14. The summed E-state index contributed by atoms with van der Waals surface area (Å²) >= 11 is 0. The van der Waals surface area contributed by atoms with Crippen LogP contribution in [0.2, 0.25) is 0 Å². The summed E-state index contributed by atoms with van der Waals surface area (Å²) in [5, 5.41) is 21.6. The van der Waals surface area contributed by atoms with Crippen LogP contribution >= 0.6 is 0 Å². The Morgan fingerprint density at radius 2 is 2.00 bits per heavy atom. The average Bonchev–Trinajstić information content (AvgIpc) is 2.15. The molecule has 0 aromatic heterocycles. The molecule has 68 valence electrons. The van der Waals surface area contributed by atoms with Crippen molar-refractivity contribution in [1.29, 1.82) is 0 Å². The summed E-state index contributed by atoms with van der Waals surface area (Å²) in [6.45, 7) is 0.00127. The zero-order chi connectivity index (χ0) is 9.68. The number of phenols is 1. The summed E-state index contributed by atoms with van der Waals surface area (Å²) < 4.78 is 0. The van der Waals surface area contributed by atoms with Gasteiger partial charge in [0.1, 0.15) is 5.75 Å². The fourth-order valence-electron chi connectivity index (χ4n) is 0.916. The molecule has 0 aliphatic carbocycles. The van der Waals surface area contributed by atoms with Crippen LogP contribution in [0.3, 0.4) is 0 Å². The molecule has 1 atom stereocenters. The molecule has 1 aromatic rings. The van der Waals surface area contributed by atoms with Gasteiger partial charge >= 0.3 is 0 Å². The largest absolute Gasteiger partial charge is 0.508 e. The zero-order valence-corrected chi connectivity index (χ0v) is 6.83. The van der Waals surface area contributed by atoms with Gasteiger partial charge in [0, 0.05) is 4.91 Å². The first-order valence-corrected chi connectivity index (χ1v) is 3.72. The Hall–Kier alpha value is -1.71. The minimum Gasteiger partial charge on any atom is -0.508 e. The van der Waals surface area contributed by atoms with E-state index in [0.29, 0.717) is 5.56 Å². The number of benzene rings is 1. The van der Waals surface area contributed by atoms with Crippen molar-refractivity contribution in [3.8, 4) is 5.75 Å². The van der Waals surface area contributed by atoms with Crippen molar-refractivity contribution in [2.45, 2.75) is 6.10 Å². The molecule has 0 aliphatic heterocycles. The normalized spacial score (nSPS) is 11.8. The van der Waals surface area contributed by atoms with E-state index in [2.05, 4.69) is 10.0 Å². The van der Waals surface area contributed by atoms with E-state index in [-0.39, 0.29) is 12.3 Å². The molecular formula is C8H9N3O2. The van der Waals surface area contributed by atoms with Crippen molar-refractivity contribution in [3.63, 3.8) is 0 Å². The zero-order valence-electron chi connectivity index (χ0n) is 6.83. The van der Waals surface area contributed by atoms with Crippen LogP contribution in [-0.4, -0.2) is 16.8 Å². The molecule has 0 heterocycles. The predicted octanol–water partition coefficient (Wildman–Crippen LogP) is 1.74. The summed E-state index contributed by atoms with van der Waals surface area (Å²) in [6.07, 6.45) is -0.809. The van der Waals surface area contributed by atoms with Gasteiger partial charge in [-0.3, -0.25) is 0 Å². The molecule has 0 amide bonds. The molecule has 2 N–H and O–H groups in total. The maximum atomic E-state index is 9.40. The van der Waals surface area contributed by atoms with E-state index in [0.717, 1.165) is 0 Å². The van der Waals surface area contributed by atoms with Crippen LogP contribution < -0.4 is 0 Å². The third-order valence-corrected chi connectivity index (χ3v) is 1.60. The van der Waals surface area contributed by atoms with Gasteiger partial charge in [-0.25, -0.2) is 0 Å². The summed E-state index contributed by atoms with van der Waals surface area (Å²) in [4.78, 5) is 2.53. The number of aliphatic hydroxyl groups excluding tert-OH is 1. The van der Waals surface area contributed by atoms with Crippen molar-refractivity contribution in [2.24, 2.45) is 5.11 Å². The monoisotopic (exact) mass is 179 g/mol. The molecule has 0 saturated heterocycles. The van der Waals surface area contributed by atoms with Gasteiger partial charge in [-0.2, -0.15) is 0 Å². The predicted molar refractivity (Wildman–Crippen MR) is 47.1 cm³/mol. The second kappa shape index (κ2) is 4.35. The number of rotatable bonds is 3. The summed E-state index contributed by atoms with van der Waals surface area (Å²) in [5.74, 6) is 0.139. The molecule has 0 saturated carbocycles. The van der Waals surface area contributed by atoms with Crippen LogP contribution in [0.5, 0.6) is 5.75 Å². The Bertz CT molecular complexity index is 317. The van der Waals surface area contributed by atoms with Crippen LogP contribution in [-0.2, 0) is 0 Å². The summed E-state index contributed by atoms with van der Waals surface area (Å²) in [7, 11) is 0. The van der Waals surface area contributed by atoms with Crippen LogP contribution in [0.1, 0.15) is 11.7 Å². The highest BCUT2D eigenvalue weighted by Crippen LogP contribution is 2.16. The van der Waals surface area contributed by atoms with Crippen molar-refractivity contribution in [1.82, 2.24) is 0 Å². The van der Waals surface area contributed by atoms with Crippen molar-refractivity contribution in [2.75, 3.05) is 6.54 Å². The fraction of sp³-hybridized carbons (Fsp3) is 0.250. The van der Waals surface area contributed by atoms with Gasteiger partial charge in [0.05, 0.1) is 12.6 Å². The molecular weight excluding hydrogens is 170 g/mol. The SMILES string of the molecule is [N-]=[N+]=NCC(O)c1ccc(O)cc1. The number of aliphatic hydroxyl groups is 1. The molecule has 0 bridgehead atoms. The highest BCUT2D eigenvalue weighted by Gasteiger charge is 2.04. The molecule has 0 spiro atoms. The molecule has 0 aliphatic rings. The van der Waals surface area contributed by atoms with E-state index in [4.69, 9.17) is 10.6 Å². The fourth-order valence-corrected chi connectivity index (χ4v) is 0.916. The molecule has 5 nitrogen and oxygen atoms in total. The minimum atomic E-state index is -0.809. The summed E-state index contributed by atoms with van der Waals surface area (Å²) in [5.41, 5.74) is 8.63. The van der Waals surface area contributed by atoms with Crippen LogP contribution in [0.4, 0.5) is 0 Å². The number of aromatic hydroxyl groups is 1. The van der Waals surface area contributed by atoms with E-state index >= 15 is 0 Å². The quantitative estimate of drug-likeness (QED) is 0.420. The van der Waals surface area contributed by atoms with E-state index in [1.165, 1.54) is 12.1 Å². The van der Waals surface area contributed by atoms with Gasteiger partial charge in [-0.1, -0.05) is 17.2 Å². The van der Waals surface area contributed by atoms with E-state index < -0.39 is 6.10 Å². The lowest BCUT2D eigenvalue weighted by atomic mass is 10.1. The van der Waals surface area contributed by atoms with Gasteiger partial charge in [-0.15, -0.1) is 0 Å². The molecule has 0 radical (unpaired) electrons. The first-order valence-electron chi connectivity index (χ1n) is 3.72. The van der Waals surface area contributed by atoms with E-state index in [1.807, 2.05) is 0 Å². The molecule has 1 aromatic carbocycles. The van der Waals surface area contributed by atoms with Crippen LogP contribution in [0.15, 0.2) is 29.4 Å². The number of azide groups is 1. The second-order valence-corrected chi connectivity index (χ2v) is 2.52. The van der Waals surface area contributed by atoms with Crippen molar-refractivity contribution in [3.05, 3.63) is 40.3 Å². The number of hydrogen-bond acceptors (Lipinski definition) is 3. The third-order valence-electron chi connectivity index (χ3n) is 1.60. The first kappa shape index (κ1) is 9.38. The minimum absolute atomic E-state index is 0.00127. The van der Waals surface area contributed by atoms with Crippen molar-refractivity contribution < 1.29 is 10.2 Å². The molecule has 13 heavy (non-hydrogen) atoms. The first-order chi connectivity index (χ1) is 6.24. The average molecular weight is 179 g/mol. The maximum Gasteiger partial charge on any atom is 0.115 e. The smallest absolute Gasteiger partial charge is 0.115 e. The Morgan fingerprint density at radius 3 is 2.54 bits per heavy atom. The topological polar surface area (TPSA) is 89.2 Å². The number of phenolic OH excluding ortho intramolecular Hbond substituents is 1. The van der Waals surface area contributed by atoms with Gasteiger partial charge in [0.25, 0.3) is 0 Å². The number of nitrogens with zero attached hydrogens (tertiary/aromatic N) is 3. The van der Waals surface area contributed by atoms with Crippen molar-refractivity contribution >= 4 is 0 Å². The van der Waals surface area contributed by atoms with Gasteiger partial charge in [-0.05, 0) is 23.2 Å². The van der Waals surface area contributed by atoms with Gasteiger partial charge in [0.2, 0.25) is 0 Å². The highest BCUT2D eigenvalue weighted by atomic mass is 16.3. The second-order valence-electron chi connectivity index (χ2n) is 2.52. The van der Waals surface area contributed by atoms with Gasteiger partial charge in [0.15, 0.2) is 0 Å². The highest BCUT2D eigenvalue weighted by molar-refractivity contribution is 5.27. The lowest BCUT2D eigenvalue weighted by molar-refractivity contribution is 0.186. The maximum absolute atomic E-state index is 9.40. The Balaban J connectivity index is 2.71. The van der Waals surface area contributed by atoms with Crippen LogP contribution in [0.25, 0.3) is 10.4 Å². The molecule has 1 rings (SSSR count). The molecule has 1 unspecified atom stereocenters. The molecule has 0 fully saturated rings. The standard InChI is InChI=1S/C8H9N3O2/c9-11-10-5-8(13)6-1-3-7(12)4-2-6/h1-4,8,12-13H,5H2. The van der Waals surface area contributed by atoms with E-state index in [9.17, 15) is 5.11 Å². The molecule has 5 heteroatoms. The van der Waals surface area contributed by atoms with E-state index in [1.54, 1.807) is 12.1 Å². The van der Waals surface area contributed by atoms with Crippen LogP contribution in [0, 0.1) is 0 Å². The number of hydrogen-bond donors (Lipinski definition) is 2. The Labute approximate surface area is 74.9 Å². The Morgan fingerprint density at radius 1 is 1.38 bits per heavy atom.